The molecule has 0 saturated carbocycles. The number of nitrogens with one attached hydrogen (secondary N) is 1. The summed E-state index contributed by atoms with van der Waals surface area (Å²) in [6.07, 6.45) is 0.794. The van der Waals surface area contributed by atoms with Crippen molar-refractivity contribution in [2.45, 2.75) is 32.4 Å². The summed E-state index contributed by atoms with van der Waals surface area (Å²) in [5, 5.41) is 13.7. The summed E-state index contributed by atoms with van der Waals surface area (Å²) in [5.41, 5.74) is 0.855. The first-order chi connectivity index (χ1) is 6.13. The summed E-state index contributed by atoms with van der Waals surface area (Å²) in [5.74, 6) is 0.143. The lowest BCUT2D eigenvalue weighted by Gasteiger charge is -2.17. The summed E-state index contributed by atoms with van der Waals surface area (Å²) in [6.45, 7) is 7.98. The van der Waals surface area contributed by atoms with Gasteiger partial charge in [0, 0.05) is 10.8 Å². The first-order valence-electron chi connectivity index (χ1n) is 4.40. The molecule has 0 unspecified atom stereocenters. The molecule has 0 bridgehead atoms. The Morgan fingerprint density at radius 2 is 2.31 bits per heavy atom. The molecule has 1 heterocycles. The van der Waals surface area contributed by atoms with E-state index < -0.39 is 0 Å². The molecule has 0 spiro atoms. The van der Waals surface area contributed by atoms with Crippen LogP contribution >= 0.6 is 11.8 Å². The van der Waals surface area contributed by atoms with Gasteiger partial charge in [0.25, 0.3) is 0 Å². The number of nitrogens with zero attached hydrogens (tertiary/aromatic N) is 1. The first kappa shape index (κ1) is 10.4. The Morgan fingerprint density at radius 3 is 2.77 bits per heavy atom. The van der Waals surface area contributed by atoms with Gasteiger partial charge in [-0.15, -0.1) is 0 Å². The van der Waals surface area contributed by atoms with E-state index in [9.17, 15) is 5.11 Å². The fourth-order valence-corrected chi connectivity index (χ4v) is 1.67. The minimum absolute atomic E-state index is 0.143. The summed E-state index contributed by atoms with van der Waals surface area (Å²) in [7, 11) is 0. The quantitative estimate of drug-likeness (QED) is 0.718. The SMILES string of the molecule is CCC1=C(O)N=C(SC(C)C)N[CH]1. The van der Waals surface area contributed by atoms with Crippen molar-refractivity contribution >= 4 is 16.9 Å². The van der Waals surface area contributed by atoms with Crippen LogP contribution < -0.4 is 5.32 Å². The van der Waals surface area contributed by atoms with E-state index in [-0.39, 0.29) is 5.88 Å². The highest BCUT2D eigenvalue weighted by Crippen LogP contribution is 2.19. The van der Waals surface area contributed by atoms with E-state index >= 15 is 0 Å². The third kappa shape index (κ3) is 2.95. The summed E-state index contributed by atoms with van der Waals surface area (Å²) in [4.78, 5) is 4.05. The molecule has 0 fully saturated rings. The van der Waals surface area contributed by atoms with E-state index in [0.717, 1.165) is 17.2 Å². The van der Waals surface area contributed by atoms with Crippen LogP contribution in [0.4, 0.5) is 0 Å². The average Bonchev–Trinajstić information content (AvgIpc) is 2.03. The summed E-state index contributed by atoms with van der Waals surface area (Å²) < 4.78 is 0. The lowest BCUT2D eigenvalue weighted by molar-refractivity contribution is 0.395. The topological polar surface area (TPSA) is 44.6 Å². The van der Waals surface area contributed by atoms with E-state index in [4.69, 9.17) is 0 Å². The molecule has 0 atom stereocenters. The van der Waals surface area contributed by atoms with Crippen LogP contribution in [0.25, 0.3) is 0 Å². The van der Waals surface area contributed by atoms with Gasteiger partial charge in [-0.1, -0.05) is 32.5 Å². The van der Waals surface area contributed by atoms with Crippen molar-refractivity contribution in [2.24, 2.45) is 4.99 Å². The van der Waals surface area contributed by atoms with Gasteiger partial charge >= 0.3 is 0 Å². The summed E-state index contributed by atoms with van der Waals surface area (Å²) >= 11 is 1.61. The number of aliphatic hydroxyl groups excluding tert-OH is 1. The van der Waals surface area contributed by atoms with Crippen LogP contribution in [0.15, 0.2) is 16.4 Å². The van der Waals surface area contributed by atoms with E-state index in [2.05, 4.69) is 24.2 Å². The Balaban J connectivity index is 2.66. The number of aliphatic hydroxyl groups is 1. The van der Waals surface area contributed by atoms with E-state index in [1.54, 1.807) is 11.8 Å². The largest absolute Gasteiger partial charge is 0.493 e. The van der Waals surface area contributed by atoms with Crippen molar-refractivity contribution in [1.82, 2.24) is 5.32 Å². The molecule has 0 aromatic heterocycles. The standard InChI is InChI=1S/C9H15N2OS/c1-4-7-5-10-9(11-8(7)12)13-6(2)3/h5-6,12H,4H2,1-3H3,(H,10,11). The zero-order chi connectivity index (χ0) is 9.84. The number of aliphatic imine (C=N–C) groups is 1. The Bertz CT molecular complexity index is 246. The molecule has 4 heteroatoms. The lowest BCUT2D eigenvalue weighted by atomic mass is 10.2. The fraction of sp³-hybridized carbons (Fsp3) is 0.556. The highest BCUT2D eigenvalue weighted by atomic mass is 32.2. The van der Waals surface area contributed by atoms with Crippen LogP contribution in [-0.4, -0.2) is 15.5 Å². The second-order valence-electron chi connectivity index (χ2n) is 3.07. The highest BCUT2D eigenvalue weighted by Gasteiger charge is 2.13. The van der Waals surface area contributed by atoms with Gasteiger partial charge in [-0.05, 0) is 6.42 Å². The average molecular weight is 199 g/mol. The van der Waals surface area contributed by atoms with Crippen molar-refractivity contribution in [2.75, 3.05) is 0 Å². The van der Waals surface area contributed by atoms with E-state index in [1.807, 2.05) is 13.5 Å². The number of rotatable bonds is 2. The lowest BCUT2D eigenvalue weighted by Crippen LogP contribution is -2.24. The number of amidine groups is 1. The molecule has 1 rings (SSSR count). The van der Waals surface area contributed by atoms with Crippen molar-refractivity contribution < 1.29 is 5.11 Å². The maximum Gasteiger partial charge on any atom is 0.214 e. The molecule has 0 saturated heterocycles. The molecule has 1 aliphatic heterocycles. The Kier molecular flexibility index (Phi) is 3.66. The Labute approximate surface area is 83.3 Å². The van der Waals surface area contributed by atoms with Gasteiger partial charge in [-0.3, -0.25) is 0 Å². The van der Waals surface area contributed by atoms with Gasteiger partial charge in [0.2, 0.25) is 5.88 Å². The Morgan fingerprint density at radius 1 is 1.62 bits per heavy atom. The van der Waals surface area contributed by atoms with Crippen molar-refractivity contribution in [1.29, 1.82) is 0 Å². The second kappa shape index (κ2) is 4.56. The maximum atomic E-state index is 9.46. The van der Waals surface area contributed by atoms with Gasteiger partial charge in [0.15, 0.2) is 5.17 Å². The molecule has 1 aliphatic rings. The van der Waals surface area contributed by atoms with Crippen LogP contribution in [0.2, 0.25) is 0 Å². The maximum absolute atomic E-state index is 9.46. The molecule has 0 aromatic rings. The highest BCUT2D eigenvalue weighted by molar-refractivity contribution is 8.14. The molecule has 0 aliphatic carbocycles. The molecule has 0 aromatic carbocycles. The molecule has 2 N–H and O–H groups in total. The van der Waals surface area contributed by atoms with Crippen molar-refractivity contribution in [3.8, 4) is 0 Å². The molecule has 1 radical (unpaired) electrons. The minimum atomic E-state index is 0.143. The number of hydrogen-bond donors (Lipinski definition) is 2. The van der Waals surface area contributed by atoms with Gasteiger partial charge in [-0.25, -0.2) is 0 Å². The molecular weight excluding hydrogens is 184 g/mol. The zero-order valence-corrected chi connectivity index (χ0v) is 8.98. The zero-order valence-electron chi connectivity index (χ0n) is 8.16. The van der Waals surface area contributed by atoms with Crippen LogP contribution in [-0.2, 0) is 0 Å². The summed E-state index contributed by atoms with van der Waals surface area (Å²) in [6, 6.07) is 0. The molecule has 3 nitrogen and oxygen atoms in total. The van der Waals surface area contributed by atoms with Crippen LogP contribution in [0.3, 0.4) is 0 Å². The minimum Gasteiger partial charge on any atom is -0.493 e. The monoisotopic (exact) mass is 199 g/mol. The normalized spacial score (nSPS) is 17.4. The predicted octanol–water partition coefficient (Wildman–Crippen LogP) is 2.43. The van der Waals surface area contributed by atoms with Crippen LogP contribution in [0.1, 0.15) is 27.2 Å². The second-order valence-corrected chi connectivity index (χ2v) is 4.64. The molecule has 73 valence electrons. The number of hydrogen-bond acceptors (Lipinski definition) is 4. The molecule has 0 amide bonds. The predicted molar refractivity (Wildman–Crippen MR) is 57.5 cm³/mol. The third-order valence-corrected chi connectivity index (χ3v) is 2.50. The van der Waals surface area contributed by atoms with E-state index in [1.165, 1.54) is 0 Å². The van der Waals surface area contributed by atoms with Gasteiger partial charge in [0.1, 0.15) is 0 Å². The van der Waals surface area contributed by atoms with E-state index in [0.29, 0.717) is 5.25 Å². The van der Waals surface area contributed by atoms with Crippen molar-refractivity contribution in [3.05, 3.63) is 18.0 Å². The van der Waals surface area contributed by atoms with Crippen molar-refractivity contribution in [3.63, 3.8) is 0 Å². The Hall–Kier alpha value is -0.640. The third-order valence-electron chi connectivity index (χ3n) is 1.59. The van der Waals surface area contributed by atoms with Crippen LogP contribution in [0.5, 0.6) is 0 Å². The fourth-order valence-electron chi connectivity index (χ4n) is 0.957. The first-order valence-corrected chi connectivity index (χ1v) is 5.28. The molecular formula is C9H15N2OS. The number of thioether (sulfide) groups is 1. The molecule has 13 heavy (non-hydrogen) atoms. The van der Waals surface area contributed by atoms with Gasteiger partial charge in [0.05, 0.1) is 6.54 Å². The van der Waals surface area contributed by atoms with Crippen LogP contribution in [0, 0.1) is 6.54 Å². The smallest absolute Gasteiger partial charge is 0.214 e. The van der Waals surface area contributed by atoms with Gasteiger partial charge in [-0.2, -0.15) is 4.99 Å². The van der Waals surface area contributed by atoms with Gasteiger partial charge < -0.3 is 10.4 Å².